The Morgan fingerprint density at radius 1 is 1.12 bits per heavy atom. The summed E-state index contributed by atoms with van der Waals surface area (Å²) in [5.74, 6) is -0.926. The molecule has 0 aliphatic heterocycles. The monoisotopic (exact) mass is 232 g/mol. The van der Waals surface area contributed by atoms with Crippen LogP contribution in [0.25, 0.3) is 5.69 Å². The van der Waals surface area contributed by atoms with E-state index in [1.807, 2.05) is 0 Å². The first-order valence-electron chi connectivity index (χ1n) is 5.09. The first-order valence-corrected chi connectivity index (χ1v) is 5.09. The van der Waals surface area contributed by atoms with Crippen molar-refractivity contribution < 1.29 is 8.78 Å². The summed E-state index contributed by atoms with van der Waals surface area (Å²) >= 11 is 0. The van der Waals surface area contributed by atoms with E-state index in [1.165, 1.54) is 18.2 Å². The fraction of sp³-hybridized carbons (Fsp3) is 0.154. The number of hydrogen-bond donors (Lipinski definition) is 0. The molecule has 2 aromatic rings. The van der Waals surface area contributed by atoms with Crippen LogP contribution in [0.4, 0.5) is 8.78 Å². The Kier molecular flexibility index (Phi) is 2.68. The third-order valence-electron chi connectivity index (χ3n) is 2.70. The van der Waals surface area contributed by atoms with E-state index >= 15 is 0 Å². The van der Waals surface area contributed by atoms with Crippen molar-refractivity contribution in [2.75, 3.05) is 0 Å². The van der Waals surface area contributed by atoms with Crippen molar-refractivity contribution >= 4 is 0 Å². The van der Waals surface area contributed by atoms with E-state index in [9.17, 15) is 8.78 Å². The molecule has 0 aliphatic carbocycles. The summed E-state index contributed by atoms with van der Waals surface area (Å²) in [6, 6.07) is 7.37. The second-order valence-electron chi connectivity index (χ2n) is 3.83. The maximum atomic E-state index is 13.5. The molecule has 0 bridgehead atoms. The molecule has 1 aromatic heterocycles. The van der Waals surface area contributed by atoms with Crippen molar-refractivity contribution in [3.63, 3.8) is 0 Å². The van der Waals surface area contributed by atoms with Gasteiger partial charge in [0.1, 0.15) is 17.7 Å². The Hall–Kier alpha value is -2.15. The van der Waals surface area contributed by atoms with Crippen LogP contribution in [0.3, 0.4) is 0 Å². The van der Waals surface area contributed by atoms with Crippen molar-refractivity contribution in [3.05, 3.63) is 52.9 Å². The van der Waals surface area contributed by atoms with Crippen LogP contribution >= 0.6 is 0 Å². The topological polar surface area (TPSA) is 28.7 Å². The quantitative estimate of drug-likeness (QED) is 0.742. The second kappa shape index (κ2) is 4.02. The van der Waals surface area contributed by atoms with Crippen LogP contribution in [0.5, 0.6) is 0 Å². The minimum atomic E-state index is -0.599. The van der Waals surface area contributed by atoms with E-state index in [2.05, 4.69) is 0 Å². The zero-order valence-corrected chi connectivity index (χ0v) is 9.46. The van der Waals surface area contributed by atoms with Crippen molar-refractivity contribution in [2.24, 2.45) is 0 Å². The molecule has 0 fully saturated rings. The molecule has 0 spiro atoms. The van der Waals surface area contributed by atoms with Crippen LogP contribution in [-0.4, -0.2) is 4.57 Å². The first kappa shape index (κ1) is 11.3. The Bertz CT molecular complexity index is 621. The van der Waals surface area contributed by atoms with Gasteiger partial charge in [0.05, 0.1) is 11.3 Å². The smallest absolute Gasteiger partial charge is 0.144 e. The molecule has 0 N–H and O–H groups in total. The summed E-state index contributed by atoms with van der Waals surface area (Å²) in [4.78, 5) is 0. The van der Waals surface area contributed by atoms with Gasteiger partial charge >= 0.3 is 0 Å². The molecule has 1 aromatic carbocycles. The van der Waals surface area contributed by atoms with Gasteiger partial charge in [0.2, 0.25) is 0 Å². The standard InChI is InChI=1S/C13H10F2N2/c1-8-5-12(14)9(2)17(8)11-4-3-10(7-16)13(15)6-11/h3-6H,1-2H3. The molecule has 0 aliphatic rings. The number of benzene rings is 1. The number of halogens is 2. The Morgan fingerprint density at radius 3 is 2.29 bits per heavy atom. The zero-order valence-electron chi connectivity index (χ0n) is 9.46. The van der Waals surface area contributed by atoms with Crippen molar-refractivity contribution in [1.82, 2.24) is 4.57 Å². The molecule has 4 heteroatoms. The van der Waals surface area contributed by atoms with Gasteiger partial charge in [0.25, 0.3) is 0 Å². The van der Waals surface area contributed by atoms with Gasteiger partial charge in [-0.15, -0.1) is 0 Å². The summed E-state index contributed by atoms with van der Waals surface area (Å²) in [5, 5.41) is 8.64. The normalized spacial score (nSPS) is 10.3. The van der Waals surface area contributed by atoms with Gasteiger partial charge < -0.3 is 4.57 Å². The molecule has 0 radical (unpaired) electrons. The van der Waals surface area contributed by atoms with Crippen molar-refractivity contribution in [2.45, 2.75) is 13.8 Å². The maximum Gasteiger partial charge on any atom is 0.144 e. The highest BCUT2D eigenvalue weighted by Gasteiger charge is 2.11. The molecule has 17 heavy (non-hydrogen) atoms. The van der Waals surface area contributed by atoms with E-state index in [0.717, 1.165) is 0 Å². The van der Waals surface area contributed by atoms with E-state index < -0.39 is 5.82 Å². The minimum absolute atomic E-state index is 0.0170. The predicted molar refractivity (Wildman–Crippen MR) is 59.9 cm³/mol. The van der Waals surface area contributed by atoms with E-state index in [0.29, 0.717) is 17.1 Å². The van der Waals surface area contributed by atoms with E-state index in [4.69, 9.17) is 5.26 Å². The lowest BCUT2D eigenvalue weighted by molar-refractivity contribution is 0.612. The summed E-state index contributed by atoms with van der Waals surface area (Å²) in [6.07, 6.45) is 0. The molecular formula is C13H10F2N2. The lowest BCUT2D eigenvalue weighted by atomic mass is 10.2. The third kappa shape index (κ3) is 1.80. The minimum Gasteiger partial charge on any atom is -0.315 e. The SMILES string of the molecule is Cc1cc(F)c(C)n1-c1ccc(C#N)c(F)c1. The molecule has 0 atom stereocenters. The molecular weight excluding hydrogens is 222 g/mol. The van der Waals surface area contributed by atoms with Crippen molar-refractivity contribution in [3.8, 4) is 11.8 Å². The van der Waals surface area contributed by atoms with Crippen LogP contribution in [0.1, 0.15) is 17.0 Å². The van der Waals surface area contributed by atoms with Gasteiger partial charge in [-0.05, 0) is 38.1 Å². The Morgan fingerprint density at radius 2 is 1.82 bits per heavy atom. The molecule has 86 valence electrons. The largest absolute Gasteiger partial charge is 0.315 e. The third-order valence-corrected chi connectivity index (χ3v) is 2.70. The molecule has 0 saturated carbocycles. The number of nitrogens with zero attached hydrogens (tertiary/aromatic N) is 2. The van der Waals surface area contributed by atoms with Crippen LogP contribution in [0.15, 0.2) is 24.3 Å². The van der Waals surface area contributed by atoms with Gasteiger partial charge in [-0.2, -0.15) is 5.26 Å². The van der Waals surface area contributed by atoms with Gasteiger partial charge in [0.15, 0.2) is 0 Å². The van der Waals surface area contributed by atoms with E-state index in [-0.39, 0.29) is 11.4 Å². The van der Waals surface area contributed by atoms with E-state index in [1.54, 1.807) is 30.6 Å². The highest BCUT2D eigenvalue weighted by molar-refractivity contribution is 5.43. The average molecular weight is 232 g/mol. The Balaban J connectivity index is 2.62. The maximum absolute atomic E-state index is 13.5. The second-order valence-corrected chi connectivity index (χ2v) is 3.83. The summed E-state index contributed by atoms with van der Waals surface area (Å²) in [5.41, 5.74) is 1.60. The molecule has 0 saturated heterocycles. The van der Waals surface area contributed by atoms with Crippen LogP contribution < -0.4 is 0 Å². The van der Waals surface area contributed by atoms with Crippen LogP contribution in [0, 0.1) is 36.8 Å². The van der Waals surface area contributed by atoms with Crippen molar-refractivity contribution in [1.29, 1.82) is 5.26 Å². The number of hydrogen-bond acceptors (Lipinski definition) is 1. The summed E-state index contributed by atoms with van der Waals surface area (Å²) < 4.78 is 28.5. The number of nitriles is 1. The van der Waals surface area contributed by atoms with Gasteiger partial charge in [-0.1, -0.05) is 0 Å². The van der Waals surface area contributed by atoms with Crippen LogP contribution in [0.2, 0.25) is 0 Å². The zero-order chi connectivity index (χ0) is 12.6. The van der Waals surface area contributed by atoms with Gasteiger partial charge in [-0.25, -0.2) is 8.78 Å². The number of aryl methyl sites for hydroxylation is 1. The fourth-order valence-corrected chi connectivity index (χ4v) is 1.85. The predicted octanol–water partition coefficient (Wildman–Crippen LogP) is 3.24. The molecule has 0 unspecified atom stereocenters. The summed E-state index contributed by atoms with van der Waals surface area (Å²) in [6.45, 7) is 3.37. The average Bonchev–Trinajstić information content (AvgIpc) is 2.53. The highest BCUT2D eigenvalue weighted by atomic mass is 19.1. The Labute approximate surface area is 97.7 Å². The number of rotatable bonds is 1. The summed E-state index contributed by atoms with van der Waals surface area (Å²) in [7, 11) is 0. The lowest BCUT2D eigenvalue weighted by Crippen LogP contribution is -2.00. The number of aromatic nitrogens is 1. The first-order chi connectivity index (χ1) is 8.04. The fourth-order valence-electron chi connectivity index (χ4n) is 1.85. The molecule has 2 nitrogen and oxygen atoms in total. The molecule has 1 heterocycles. The van der Waals surface area contributed by atoms with Gasteiger partial charge in [0, 0.05) is 11.4 Å². The molecule has 2 rings (SSSR count). The van der Waals surface area contributed by atoms with Gasteiger partial charge in [-0.3, -0.25) is 0 Å². The molecule has 0 amide bonds. The van der Waals surface area contributed by atoms with Crippen LogP contribution in [-0.2, 0) is 0 Å². The lowest BCUT2D eigenvalue weighted by Gasteiger charge is -2.09. The highest BCUT2D eigenvalue weighted by Crippen LogP contribution is 2.21.